The van der Waals surface area contributed by atoms with Crippen LogP contribution in [0.3, 0.4) is 0 Å². The van der Waals surface area contributed by atoms with Crippen molar-refractivity contribution in [2.75, 3.05) is 6.79 Å². The van der Waals surface area contributed by atoms with E-state index in [9.17, 15) is 0 Å². The minimum absolute atomic E-state index is 0.109. The van der Waals surface area contributed by atoms with Crippen LogP contribution >= 0.6 is 0 Å². The lowest BCUT2D eigenvalue weighted by atomic mass is 9.69. The first-order valence-electron chi connectivity index (χ1n) is 16.9. The summed E-state index contributed by atoms with van der Waals surface area (Å²) in [6.45, 7) is 28.4. The predicted octanol–water partition coefficient (Wildman–Crippen LogP) is 11.6. The summed E-state index contributed by atoms with van der Waals surface area (Å²) < 4.78 is 19.2. The highest BCUT2D eigenvalue weighted by atomic mass is 16.7. The van der Waals surface area contributed by atoms with E-state index in [0.29, 0.717) is 23.2 Å². The van der Waals surface area contributed by atoms with Gasteiger partial charge < -0.3 is 14.2 Å². The molecule has 2 aromatic carbocycles. The van der Waals surface area contributed by atoms with Crippen molar-refractivity contribution in [3.8, 4) is 11.5 Å². The second-order valence-electron chi connectivity index (χ2n) is 18.5. The van der Waals surface area contributed by atoms with Gasteiger partial charge in [0, 0.05) is 6.42 Å². The summed E-state index contributed by atoms with van der Waals surface area (Å²) in [5.41, 5.74) is 3.70. The Hall–Kier alpha value is -2.00. The van der Waals surface area contributed by atoms with E-state index in [0.717, 1.165) is 43.6 Å². The fraction of sp³-hybridized carbons (Fsp3) is 0.700. The van der Waals surface area contributed by atoms with Crippen LogP contribution in [0.25, 0.3) is 0 Å². The van der Waals surface area contributed by atoms with Gasteiger partial charge in [-0.3, -0.25) is 0 Å². The van der Waals surface area contributed by atoms with Gasteiger partial charge in [-0.05, 0) is 107 Å². The first-order valence-corrected chi connectivity index (χ1v) is 16.9. The molecule has 0 heterocycles. The lowest BCUT2D eigenvalue weighted by molar-refractivity contribution is -0.0695. The number of hydrogen-bond donors (Lipinski definition) is 0. The lowest BCUT2D eigenvalue weighted by Gasteiger charge is -2.36. The summed E-state index contributed by atoms with van der Waals surface area (Å²) in [5.74, 6) is 3.43. The van der Waals surface area contributed by atoms with Crippen molar-refractivity contribution in [3.05, 3.63) is 59.7 Å². The Bertz CT molecular complexity index is 1170. The van der Waals surface area contributed by atoms with E-state index in [1.54, 1.807) is 0 Å². The fourth-order valence-electron chi connectivity index (χ4n) is 7.57. The molecule has 0 radical (unpaired) electrons. The molecule has 2 fully saturated rings. The molecule has 0 N–H and O–H groups in total. The molecular formula is C40H62O3. The summed E-state index contributed by atoms with van der Waals surface area (Å²) >= 11 is 0. The summed E-state index contributed by atoms with van der Waals surface area (Å²) in [6.07, 6.45) is 6.81. The molecule has 43 heavy (non-hydrogen) atoms. The molecule has 5 atom stereocenters. The molecule has 2 aliphatic carbocycles. The second kappa shape index (κ2) is 12.4. The Morgan fingerprint density at radius 3 is 1.56 bits per heavy atom. The van der Waals surface area contributed by atoms with Crippen molar-refractivity contribution < 1.29 is 14.2 Å². The molecule has 240 valence electrons. The van der Waals surface area contributed by atoms with Gasteiger partial charge >= 0.3 is 0 Å². The standard InChI is InChI=1S/C40H62O3/c1-36(2,3)24-33(38(7,8)9)28-13-17-31(18-14-28)41-27-42-35-26-40(22-21-30(35)23-40)43-32-19-15-29(16-20-32)34(39(10,11)12)25-37(4,5)6/h13-20,30,33-35H,21-27H2,1-12H3. The van der Waals surface area contributed by atoms with Crippen LogP contribution in [0.1, 0.15) is 145 Å². The molecule has 0 saturated heterocycles. The van der Waals surface area contributed by atoms with Crippen LogP contribution in [0.2, 0.25) is 0 Å². The zero-order chi connectivity index (χ0) is 31.8. The molecule has 2 saturated carbocycles. The maximum Gasteiger partial charge on any atom is 0.189 e. The topological polar surface area (TPSA) is 27.7 Å². The first kappa shape index (κ1) is 33.9. The van der Waals surface area contributed by atoms with Crippen LogP contribution < -0.4 is 9.47 Å². The van der Waals surface area contributed by atoms with Gasteiger partial charge in [0.05, 0.1) is 6.10 Å². The van der Waals surface area contributed by atoms with Crippen molar-refractivity contribution in [2.45, 2.75) is 145 Å². The van der Waals surface area contributed by atoms with Crippen molar-refractivity contribution in [3.63, 3.8) is 0 Å². The predicted molar refractivity (Wildman–Crippen MR) is 181 cm³/mol. The average molecular weight is 591 g/mol. The van der Waals surface area contributed by atoms with Crippen LogP contribution in [0.4, 0.5) is 0 Å². The van der Waals surface area contributed by atoms with Crippen LogP contribution in [0.5, 0.6) is 11.5 Å². The Balaban J connectivity index is 1.31. The van der Waals surface area contributed by atoms with E-state index in [2.05, 4.69) is 132 Å². The van der Waals surface area contributed by atoms with E-state index >= 15 is 0 Å². The van der Waals surface area contributed by atoms with Crippen molar-refractivity contribution in [2.24, 2.45) is 27.6 Å². The van der Waals surface area contributed by atoms with Crippen molar-refractivity contribution >= 4 is 0 Å². The third-order valence-corrected chi connectivity index (χ3v) is 9.83. The molecule has 0 amide bonds. The first-order chi connectivity index (χ1) is 19.7. The fourth-order valence-corrected chi connectivity index (χ4v) is 7.57. The number of benzene rings is 2. The van der Waals surface area contributed by atoms with Gasteiger partial charge in [-0.25, -0.2) is 0 Å². The van der Waals surface area contributed by atoms with E-state index < -0.39 is 0 Å². The Kier molecular flexibility index (Phi) is 9.78. The van der Waals surface area contributed by atoms with E-state index in [1.807, 2.05) is 0 Å². The highest BCUT2D eigenvalue weighted by Gasteiger charge is 2.53. The van der Waals surface area contributed by atoms with Gasteiger partial charge in [-0.15, -0.1) is 0 Å². The molecule has 3 heteroatoms. The third kappa shape index (κ3) is 9.25. The molecule has 2 aliphatic rings. The molecular weight excluding hydrogens is 528 g/mol. The third-order valence-electron chi connectivity index (χ3n) is 9.83. The smallest absolute Gasteiger partial charge is 0.189 e. The minimum atomic E-state index is -0.109. The van der Waals surface area contributed by atoms with Gasteiger partial charge in [-0.2, -0.15) is 0 Å². The van der Waals surface area contributed by atoms with Crippen molar-refractivity contribution in [1.82, 2.24) is 0 Å². The molecule has 0 aliphatic heterocycles. The normalized spacial score (nSPS) is 24.2. The summed E-state index contributed by atoms with van der Waals surface area (Å²) in [7, 11) is 0. The Labute approximate surface area is 264 Å². The second-order valence-corrected chi connectivity index (χ2v) is 18.5. The molecule has 3 nitrogen and oxygen atoms in total. The van der Waals surface area contributed by atoms with Gasteiger partial charge in [-0.1, -0.05) is 107 Å². The minimum Gasteiger partial charge on any atom is -0.487 e. The van der Waals surface area contributed by atoms with Gasteiger partial charge in [0.15, 0.2) is 6.79 Å². The van der Waals surface area contributed by atoms with E-state index in [1.165, 1.54) is 17.5 Å². The van der Waals surface area contributed by atoms with Crippen LogP contribution in [-0.2, 0) is 4.74 Å². The van der Waals surface area contributed by atoms with Crippen LogP contribution in [0.15, 0.2) is 48.5 Å². The molecule has 2 bridgehead atoms. The lowest BCUT2D eigenvalue weighted by Crippen LogP contribution is -2.35. The maximum atomic E-state index is 6.75. The molecule has 0 aromatic heterocycles. The van der Waals surface area contributed by atoms with Crippen molar-refractivity contribution in [1.29, 1.82) is 0 Å². The highest BCUT2D eigenvalue weighted by molar-refractivity contribution is 5.32. The Morgan fingerprint density at radius 2 is 1.12 bits per heavy atom. The molecule has 0 spiro atoms. The van der Waals surface area contributed by atoms with Crippen LogP contribution in [0, 0.1) is 27.6 Å². The number of hydrogen-bond acceptors (Lipinski definition) is 3. The van der Waals surface area contributed by atoms with Gasteiger partial charge in [0.2, 0.25) is 0 Å². The maximum absolute atomic E-state index is 6.75. The molecule has 4 rings (SSSR count). The monoisotopic (exact) mass is 590 g/mol. The number of ether oxygens (including phenoxy) is 3. The largest absolute Gasteiger partial charge is 0.487 e. The van der Waals surface area contributed by atoms with E-state index in [-0.39, 0.29) is 34.7 Å². The van der Waals surface area contributed by atoms with E-state index in [4.69, 9.17) is 14.2 Å². The summed E-state index contributed by atoms with van der Waals surface area (Å²) in [4.78, 5) is 0. The van der Waals surface area contributed by atoms with Gasteiger partial charge in [0.25, 0.3) is 0 Å². The van der Waals surface area contributed by atoms with Crippen LogP contribution in [-0.4, -0.2) is 18.5 Å². The summed E-state index contributed by atoms with van der Waals surface area (Å²) in [6, 6.07) is 17.7. The highest BCUT2D eigenvalue weighted by Crippen LogP contribution is 2.52. The average Bonchev–Trinajstić information content (AvgIpc) is 3.43. The SMILES string of the molecule is CC(C)(C)CC(c1ccc(OCOC2CC3(Oc4ccc(C(CC(C)(C)C)C(C)(C)C)cc4)CCC2C3)cc1)C(C)(C)C. The Morgan fingerprint density at radius 1 is 0.651 bits per heavy atom. The quantitative estimate of drug-likeness (QED) is 0.258. The zero-order valence-corrected chi connectivity index (χ0v) is 29.6. The number of fused-ring (bicyclic) bond motifs is 2. The van der Waals surface area contributed by atoms with Gasteiger partial charge in [0.1, 0.15) is 17.1 Å². The molecule has 5 unspecified atom stereocenters. The number of rotatable bonds is 10. The molecule has 2 aromatic rings. The summed E-state index contributed by atoms with van der Waals surface area (Å²) in [5, 5.41) is 0. The zero-order valence-electron chi connectivity index (χ0n) is 29.6.